The van der Waals surface area contributed by atoms with Crippen molar-refractivity contribution in [2.75, 3.05) is 44.4 Å². The van der Waals surface area contributed by atoms with Crippen LogP contribution in [0.5, 0.6) is 0 Å². The molecule has 1 saturated heterocycles. The predicted molar refractivity (Wildman–Crippen MR) is 111 cm³/mol. The molecule has 0 bridgehead atoms. The van der Waals surface area contributed by atoms with E-state index in [2.05, 4.69) is 27.0 Å². The molecule has 0 aromatic rings. The fraction of sp³-hybridized carbons (Fsp3) is 0.933. The molecule has 0 radical (unpaired) electrons. The molecule has 0 amide bonds. The first-order chi connectivity index (χ1) is 10.4. The molecule has 1 heterocycles. The van der Waals surface area contributed by atoms with Gasteiger partial charge in [0.25, 0.3) is 0 Å². The summed E-state index contributed by atoms with van der Waals surface area (Å²) in [5.74, 6) is 2.32. The van der Waals surface area contributed by atoms with Crippen molar-refractivity contribution in [3.05, 3.63) is 0 Å². The quantitative estimate of drug-likeness (QED) is 0.293. The third kappa shape index (κ3) is 6.97. The van der Waals surface area contributed by atoms with E-state index < -0.39 is 9.84 Å². The molecule has 0 aromatic carbocycles. The lowest BCUT2D eigenvalue weighted by Crippen LogP contribution is -2.53. The first-order valence-electron chi connectivity index (χ1n) is 8.21. The number of thioether (sulfide) groups is 1. The van der Waals surface area contributed by atoms with Crippen LogP contribution in [0.2, 0.25) is 0 Å². The fourth-order valence-electron chi connectivity index (χ4n) is 3.39. The minimum absolute atomic E-state index is 0. The first-order valence-corrected chi connectivity index (χ1v) is 11.3. The van der Waals surface area contributed by atoms with Crippen molar-refractivity contribution in [2.24, 2.45) is 4.99 Å². The van der Waals surface area contributed by atoms with Crippen molar-refractivity contribution < 1.29 is 8.42 Å². The van der Waals surface area contributed by atoms with Gasteiger partial charge in [0.1, 0.15) is 9.84 Å². The number of halogens is 1. The number of sulfone groups is 1. The summed E-state index contributed by atoms with van der Waals surface area (Å²) in [5.41, 5.74) is 0. The summed E-state index contributed by atoms with van der Waals surface area (Å²) in [4.78, 5) is 6.76. The molecule has 1 aliphatic carbocycles. The van der Waals surface area contributed by atoms with Crippen molar-refractivity contribution in [2.45, 2.75) is 43.3 Å². The number of rotatable bonds is 4. The van der Waals surface area contributed by atoms with Gasteiger partial charge in [-0.15, -0.1) is 24.0 Å². The second kappa shape index (κ2) is 9.70. The molecular formula is C15H30IN3O2S2. The first kappa shape index (κ1) is 21.3. The summed E-state index contributed by atoms with van der Waals surface area (Å²) in [6.45, 7) is 2.76. The van der Waals surface area contributed by atoms with Gasteiger partial charge >= 0.3 is 0 Å². The molecule has 0 atom stereocenters. The Balaban J connectivity index is 0.00000264. The molecule has 5 nitrogen and oxygen atoms in total. The Kier molecular flexibility index (Phi) is 9.00. The van der Waals surface area contributed by atoms with E-state index in [1.54, 1.807) is 0 Å². The maximum Gasteiger partial charge on any atom is 0.193 e. The van der Waals surface area contributed by atoms with Gasteiger partial charge in [0.2, 0.25) is 0 Å². The number of aliphatic imine (C=N–C) groups is 1. The van der Waals surface area contributed by atoms with Crippen LogP contribution in [0.4, 0.5) is 0 Å². The molecule has 1 saturated carbocycles. The van der Waals surface area contributed by atoms with Crippen molar-refractivity contribution in [3.63, 3.8) is 0 Å². The summed E-state index contributed by atoms with van der Waals surface area (Å²) in [5, 5.41) is 3.34. The summed E-state index contributed by atoms with van der Waals surface area (Å²) in [6, 6.07) is 0. The molecule has 1 N–H and O–H groups in total. The maximum atomic E-state index is 11.2. The van der Waals surface area contributed by atoms with Crippen LogP contribution < -0.4 is 5.32 Å². The largest absolute Gasteiger partial charge is 0.356 e. The fourth-order valence-corrected chi connectivity index (χ4v) is 5.63. The maximum absolute atomic E-state index is 11.2. The highest BCUT2D eigenvalue weighted by atomic mass is 127. The van der Waals surface area contributed by atoms with Gasteiger partial charge in [0.15, 0.2) is 5.96 Å². The molecule has 8 heteroatoms. The van der Waals surface area contributed by atoms with Crippen LogP contribution in [-0.2, 0) is 9.84 Å². The van der Waals surface area contributed by atoms with Gasteiger partial charge < -0.3 is 10.2 Å². The summed E-state index contributed by atoms with van der Waals surface area (Å²) in [7, 11) is -1.06. The summed E-state index contributed by atoms with van der Waals surface area (Å²) < 4.78 is 22.8. The average Bonchev–Trinajstić information content (AvgIpc) is 2.47. The van der Waals surface area contributed by atoms with Crippen LogP contribution in [0.3, 0.4) is 0 Å². The average molecular weight is 475 g/mol. The summed E-state index contributed by atoms with van der Waals surface area (Å²) in [6.07, 6.45) is 8.63. The lowest BCUT2D eigenvalue weighted by molar-refractivity contribution is 0.293. The molecule has 2 rings (SSSR count). The topological polar surface area (TPSA) is 61.8 Å². The lowest BCUT2D eigenvalue weighted by Gasteiger charge is -2.45. The zero-order valence-corrected chi connectivity index (χ0v) is 18.2. The third-order valence-corrected chi connectivity index (χ3v) is 7.07. The van der Waals surface area contributed by atoms with Crippen LogP contribution >= 0.6 is 35.7 Å². The predicted octanol–water partition coefficient (Wildman–Crippen LogP) is 2.37. The monoisotopic (exact) mass is 475 g/mol. The molecule has 23 heavy (non-hydrogen) atoms. The highest BCUT2D eigenvalue weighted by molar-refractivity contribution is 14.0. The minimum Gasteiger partial charge on any atom is -0.356 e. The van der Waals surface area contributed by atoms with Crippen molar-refractivity contribution in [1.29, 1.82) is 0 Å². The molecular weight excluding hydrogens is 445 g/mol. The zero-order chi connectivity index (χ0) is 16.1. The van der Waals surface area contributed by atoms with Crippen molar-refractivity contribution in [1.82, 2.24) is 10.2 Å². The van der Waals surface area contributed by atoms with Crippen LogP contribution in [0.1, 0.15) is 38.5 Å². The SMILES string of the molecule is CN=C(NCCCS(C)(=O)=O)N1CCSC2(CCCCC2)C1.I. The second-order valence-corrected chi connectivity index (χ2v) is 10.3. The van der Waals surface area contributed by atoms with Crippen molar-refractivity contribution >= 4 is 51.5 Å². The Morgan fingerprint density at radius 3 is 2.61 bits per heavy atom. The van der Waals surface area contributed by atoms with Gasteiger partial charge in [0, 0.05) is 43.4 Å². The molecule has 0 unspecified atom stereocenters. The number of guanidine groups is 1. The smallest absolute Gasteiger partial charge is 0.193 e. The van der Waals surface area contributed by atoms with Gasteiger partial charge in [0.05, 0.1) is 5.75 Å². The number of nitrogens with zero attached hydrogens (tertiary/aromatic N) is 2. The van der Waals surface area contributed by atoms with Gasteiger partial charge in [-0.25, -0.2) is 8.42 Å². The number of nitrogens with one attached hydrogen (secondary N) is 1. The van der Waals surface area contributed by atoms with E-state index in [-0.39, 0.29) is 29.7 Å². The van der Waals surface area contributed by atoms with Gasteiger partial charge in [-0.3, -0.25) is 4.99 Å². The van der Waals surface area contributed by atoms with Gasteiger partial charge in [-0.1, -0.05) is 19.3 Å². The van der Waals surface area contributed by atoms with E-state index in [9.17, 15) is 8.42 Å². The molecule has 1 spiro atoms. The normalized spacial score (nSPS) is 21.8. The third-order valence-electron chi connectivity index (χ3n) is 4.50. The van der Waals surface area contributed by atoms with Crippen molar-refractivity contribution in [3.8, 4) is 0 Å². The molecule has 136 valence electrons. The Morgan fingerprint density at radius 1 is 1.30 bits per heavy atom. The highest BCUT2D eigenvalue weighted by Gasteiger charge is 2.38. The van der Waals surface area contributed by atoms with Crippen LogP contribution in [-0.4, -0.2) is 68.5 Å². The summed E-state index contributed by atoms with van der Waals surface area (Å²) >= 11 is 2.15. The second-order valence-electron chi connectivity index (χ2n) is 6.47. The van der Waals surface area contributed by atoms with E-state index >= 15 is 0 Å². The number of hydrogen-bond acceptors (Lipinski definition) is 4. The minimum atomic E-state index is -2.87. The Morgan fingerprint density at radius 2 is 2.00 bits per heavy atom. The number of hydrogen-bond donors (Lipinski definition) is 1. The van der Waals surface area contributed by atoms with Crippen LogP contribution in [0, 0.1) is 0 Å². The van der Waals surface area contributed by atoms with E-state index in [4.69, 9.17) is 0 Å². The van der Waals surface area contributed by atoms with Gasteiger partial charge in [-0.05, 0) is 19.3 Å². The van der Waals surface area contributed by atoms with Crippen LogP contribution in [0.15, 0.2) is 4.99 Å². The van der Waals surface area contributed by atoms with E-state index in [0.29, 0.717) is 17.7 Å². The highest BCUT2D eigenvalue weighted by Crippen LogP contribution is 2.42. The van der Waals surface area contributed by atoms with E-state index in [1.807, 2.05) is 7.05 Å². The van der Waals surface area contributed by atoms with Crippen LogP contribution in [0.25, 0.3) is 0 Å². The standard InChI is InChI=1S/C15H29N3O2S2.HI/c1-16-14(17-9-6-12-22(2,19)20)18-10-11-21-15(13-18)7-4-3-5-8-15;/h3-13H2,1-2H3,(H,16,17);1H. The van der Waals surface area contributed by atoms with E-state index in [0.717, 1.165) is 24.8 Å². The Hall–Kier alpha value is 0.300. The Bertz CT molecular complexity index is 485. The molecule has 2 fully saturated rings. The Labute approximate surface area is 162 Å². The zero-order valence-electron chi connectivity index (χ0n) is 14.2. The molecule has 2 aliphatic rings. The van der Waals surface area contributed by atoms with Gasteiger partial charge in [-0.2, -0.15) is 11.8 Å². The van der Waals surface area contributed by atoms with E-state index in [1.165, 1.54) is 38.4 Å². The lowest BCUT2D eigenvalue weighted by atomic mass is 9.87. The molecule has 1 aliphatic heterocycles. The molecule has 0 aromatic heterocycles.